The fourth-order valence-electron chi connectivity index (χ4n) is 1.88. The van der Waals surface area contributed by atoms with Gasteiger partial charge < -0.3 is 10.1 Å². The van der Waals surface area contributed by atoms with Crippen LogP contribution >= 0.6 is 0 Å². The summed E-state index contributed by atoms with van der Waals surface area (Å²) in [6.45, 7) is 0.458. The van der Waals surface area contributed by atoms with Gasteiger partial charge in [-0.05, 0) is 42.3 Å². The second-order valence-corrected chi connectivity index (χ2v) is 4.37. The lowest BCUT2D eigenvalue weighted by atomic mass is 10.1. The molecule has 0 aliphatic heterocycles. The molecule has 2 aromatic carbocycles. The normalized spacial score (nSPS) is 10.1. The van der Waals surface area contributed by atoms with Crippen LogP contribution in [0.25, 0.3) is 0 Å². The summed E-state index contributed by atoms with van der Waals surface area (Å²) < 4.78 is 18.1. The molecule has 0 unspecified atom stereocenters. The van der Waals surface area contributed by atoms with E-state index in [4.69, 9.17) is 4.74 Å². The Labute approximate surface area is 117 Å². The van der Waals surface area contributed by atoms with Gasteiger partial charge in [-0.2, -0.15) is 0 Å². The van der Waals surface area contributed by atoms with Crippen molar-refractivity contribution in [3.8, 4) is 5.75 Å². The maximum atomic E-state index is 13.0. The first kappa shape index (κ1) is 14.1. The third kappa shape index (κ3) is 3.82. The number of nitrogens with one attached hydrogen (secondary N) is 1. The Balaban J connectivity index is 1.89. The van der Waals surface area contributed by atoms with Crippen LogP contribution < -0.4 is 10.1 Å². The van der Waals surface area contributed by atoms with E-state index in [-0.39, 0.29) is 11.7 Å². The first-order chi connectivity index (χ1) is 9.69. The highest BCUT2D eigenvalue weighted by atomic mass is 19.1. The van der Waals surface area contributed by atoms with Gasteiger partial charge in [0.2, 0.25) is 0 Å². The molecule has 20 heavy (non-hydrogen) atoms. The molecule has 0 aliphatic carbocycles. The third-order valence-electron chi connectivity index (χ3n) is 2.92. The van der Waals surface area contributed by atoms with Gasteiger partial charge in [-0.1, -0.05) is 18.2 Å². The minimum Gasteiger partial charge on any atom is -0.497 e. The Morgan fingerprint density at radius 3 is 2.75 bits per heavy atom. The molecule has 0 atom stereocenters. The summed E-state index contributed by atoms with van der Waals surface area (Å²) in [7, 11) is 1.56. The van der Waals surface area contributed by atoms with Crippen molar-refractivity contribution in [3.63, 3.8) is 0 Å². The smallest absolute Gasteiger partial charge is 0.251 e. The van der Waals surface area contributed by atoms with Crippen LogP contribution in [-0.4, -0.2) is 19.6 Å². The van der Waals surface area contributed by atoms with E-state index in [1.165, 1.54) is 12.1 Å². The standard InChI is InChI=1S/C16H16FNO2/c1-20-15-7-3-5-13(11-15)16(19)18-9-8-12-4-2-6-14(17)10-12/h2-7,10-11H,8-9H2,1H3,(H,18,19). The second-order valence-electron chi connectivity index (χ2n) is 4.37. The molecule has 1 amide bonds. The van der Waals surface area contributed by atoms with Crippen molar-refractivity contribution in [2.75, 3.05) is 13.7 Å². The molecule has 0 saturated carbocycles. The first-order valence-corrected chi connectivity index (χ1v) is 6.36. The maximum absolute atomic E-state index is 13.0. The minimum atomic E-state index is -0.262. The van der Waals surface area contributed by atoms with Gasteiger partial charge in [0, 0.05) is 12.1 Å². The largest absolute Gasteiger partial charge is 0.497 e. The highest BCUT2D eigenvalue weighted by Gasteiger charge is 2.06. The lowest BCUT2D eigenvalue weighted by molar-refractivity contribution is 0.0954. The van der Waals surface area contributed by atoms with Gasteiger partial charge in [-0.25, -0.2) is 4.39 Å². The topological polar surface area (TPSA) is 38.3 Å². The molecule has 1 N–H and O–H groups in total. The highest BCUT2D eigenvalue weighted by molar-refractivity contribution is 5.94. The Morgan fingerprint density at radius 2 is 2.00 bits per heavy atom. The fraction of sp³-hybridized carbons (Fsp3) is 0.188. The van der Waals surface area contributed by atoms with E-state index in [2.05, 4.69) is 5.32 Å². The fourth-order valence-corrected chi connectivity index (χ4v) is 1.88. The van der Waals surface area contributed by atoms with Crippen LogP contribution in [0, 0.1) is 5.82 Å². The number of ether oxygens (including phenoxy) is 1. The number of hydrogen-bond donors (Lipinski definition) is 1. The van der Waals surface area contributed by atoms with Gasteiger partial charge in [0.15, 0.2) is 0 Å². The summed E-state index contributed by atoms with van der Waals surface area (Å²) in [6.07, 6.45) is 0.591. The van der Waals surface area contributed by atoms with E-state index in [0.717, 1.165) is 5.56 Å². The van der Waals surface area contributed by atoms with Gasteiger partial charge in [-0.15, -0.1) is 0 Å². The van der Waals surface area contributed by atoms with Gasteiger partial charge >= 0.3 is 0 Å². The lowest BCUT2D eigenvalue weighted by Gasteiger charge is -2.07. The summed E-state index contributed by atoms with van der Waals surface area (Å²) in [5.74, 6) is 0.213. The van der Waals surface area contributed by atoms with Crippen LogP contribution in [0.4, 0.5) is 4.39 Å². The molecular formula is C16H16FNO2. The number of halogens is 1. The predicted molar refractivity (Wildman–Crippen MR) is 75.4 cm³/mol. The van der Waals surface area contributed by atoms with Crippen LogP contribution in [0.2, 0.25) is 0 Å². The average Bonchev–Trinajstić information content (AvgIpc) is 2.47. The molecule has 0 aliphatic rings. The molecule has 2 aromatic rings. The van der Waals surface area contributed by atoms with Crippen LogP contribution in [0.5, 0.6) is 5.75 Å². The number of rotatable bonds is 5. The van der Waals surface area contributed by atoms with Crippen molar-refractivity contribution in [3.05, 3.63) is 65.5 Å². The van der Waals surface area contributed by atoms with Crippen LogP contribution in [0.15, 0.2) is 48.5 Å². The minimum absolute atomic E-state index is 0.166. The average molecular weight is 273 g/mol. The Kier molecular flexibility index (Phi) is 4.71. The zero-order valence-corrected chi connectivity index (χ0v) is 11.2. The van der Waals surface area contributed by atoms with Crippen molar-refractivity contribution < 1.29 is 13.9 Å². The summed E-state index contributed by atoms with van der Waals surface area (Å²) in [5.41, 5.74) is 1.40. The van der Waals surface area contributed by atoms with E-state index in [0.29, 0.717) is 24.3 Å². The van der Waals surface area contributed by atoms with E-state index in [1.807, 2.05) is 6.07 Å². The van der Waals surface area contributed by atoms with Crippen molar-refractivity contribution in [2.45, 2.75) is 6.42 Å². The zero-order chi connectivity index (χ0) is 14.4. The Bertz CT molecular complexity index is 599. The van der Waals surface area contributed by atoms with E-state index < -0.39 is 0 Å². The molecule has 0 fully saturated rings. The molecule has 0 aromatic heterocycles. The molecule has 0 radical (unpaired) electrons. The molecule has 0 spiro atoms. The summed E-state index contributed by atoms with van der Waals surface area (Å²) in [5, 5.41) is 2.80. The first-order valence-electron chi connectivity index (χ1n) is 6.36. The molecular weight excluding hydrogens is 257 g/mol. The Morgan fingerprint density at radius 1 is 1.20 bits per heavy atom. The summed E-state index contributed by atoms with van der Waals surface area (Å²) in [4.78, 5) is 11.9. The van der Waals surface area contributed by atoms with Crippen LogP contribution in [-0.2, 0) is 6.42 Å². The van der Waals surface area contributed by atoms with Crippen molar-refractivity contribution in [2.24, 2.45) is 0 Å². The molecule has 0 heterocycles. The van der Waals surface area contributed by atoms with Crippen LogP contribution in [0.1, 0.15) is 15.9 Å². The van der Waals surface area contributed by atoms with E-state index in [1.54, 1.807) is 37.4 Å². The van der Waals surface area contributed by atoms with Crippen molar-refractivity contribution in [1.82, 2.24) is 5.32 Å². The zero-order valence-electron chi connectivity index (χ0n) is 11.2. The van der Waals surface area contributed by atoms with Gasteiger partial charge in [0.25, 0.3) is 5.91 Å². The molecule has 104 valence electrons. The number of carbonyl (C=O) groups is 1. The van der Waals surface area contributed by atoms with Gasteiger partial charge in [0.05, 0.1) is 7.11 Å². The van der Waals surface area contributed by atoms with Crippen molar-refractivity contribution >= 4 is 5.91 Å². The highest BCUT2D eigenvalue weighted by Crippen LogP contribution is 2.12. The monoisotopic (exact) mass is 273 g/mol. The molecule has 4 heteroatoms. The van der Waals surface area contributed by atoms with Crippen LogP contribution in [0.3, 0.4) is 0 Å². The second kappa shape index (κ2) is 6.70. The van der Waals surface area contributed by atoms with E-state index >= 15 is 0 Å². The maximum Gasteiger partial charge on any atom is 0.251 e. The summed E-state index contributed by atoms with van der Waals surface area (Å²) in [6, 6.07) is 13.3. The quantitative estimate of drug-likeness (QED) is 0.909. The molecule has 0 saturated heterocycles. The number of benzene rings is 2. The van der Waals surface area contributed by atoms with Crippen molar-refractivity contribution in [1.29, 1.82) is 0 Å². The predicted octanol–water partition coefficient (Wildman–Crippen LogP) is 2.81. The van der Waals surface area contributed by atoms with E-state index in [9.17, 15) is 9.18 Å². The third-order valence-corrected chi connectivity index (χ3v) is 2.92. The number of amides is 1. The molecule has 0 bridgehead atoms. The van der Waals surface area contributed by atoms with Gasteiger partial charge in [0.1, 0.15) is 11.6 Å². The lowest BCUT2D eigenvalue weighted by Crippen LogP contribution is -2.25. The Hall–Kier alpha value is -2.36. The number of hydrogen-bond acceptors (Lipinski definition) is 2. The number of carbonyl (C=O) groups excluding carboxylic acids is 1. The molecule has 3 nitrogen and oxygen atoms in total. The molecule has 2 rings (SSSR count). The summed E-state index contributed by atoms with van der Waals surface area (Å²) >= 11 is 0. The SMILES string of the molecule is COc1cccc(C(=O)NCCc2cccc(F)c2)c1. The van der Waals surface area contributed by atoms with Gasteiger partial charge in [-0.3, -0.25) is 4.79 Å². The number of methoxy groups -OCH3 is 1.